The van der Waals surface area contributed by atoms with E-state index in [1.807, 2.05) is 27.8 Å². The van der Waals surface area contributed by atoms with Crippen LogP contribution in [0.15, 0.2) is 28.9 Å². The fourth-order valence-electron chi connectivity index (χ4n) is 2.08. The fraction of sp³-hybridized carbons (Fsp3) is 0.500. The van der Waals surface area contributed by atoms with E-state index in [1.165, 1.54) is 0 Å². The number of carbonyl (C=O) groups excluding carboxylic acids is 1. The lowest BCUT2D eigenvalue weighted by molar-refractivity contribution is 0.0909. The van der Waals surface area contributed by atoms with Crippen LogP contribution in [0.2, 0.25) is 0 Å². The summed E-state index contributed by atoms with van der Waals surface area (Å²) in [6.45, 7) is 6.02. The van der Waals surface area contributed by atoms with Crippen molar-refractivity contribution in [2.24, 2.45) is 5.92 Å². The number of nitrogens with one attached hydrogen (secondary N) is 2. The van der Waals surface area contributed by atoms with Crippen molar-refractivity contribution in [3.05, 3.63) is 41.8 Å². The van der Waals surface area contributed by atoms with E-state index in [2.05, 4.69) is 25.8 Å². The summed E-state index contributed by atoms with van der Waals surface area (Å²) < 4.78 is 5.35. The molecule has 2 unspecified atom stereocenters. The molecule has 24 heavy (non-hydrogen) atoms. The highest BCUT2D eigenvalue weighted by Gasteiger charge is 2.25. The molecule has 2 aromatic rings. The molecule has 0 aliphatic carbocycles. The highest BCUT2D eigenvalue weighted by Crippen LogP contribution is 2.20. The van der Waals surface area contributed by atoms with Gasteiger partial charge in [0.1, 0.15) is 11.7 Å². The van der Waals surface area contributed by atoms with Gasteiger partial charge < -0.3 is 15.2 Å². The summed E-state index contributed by atoms with van der Waals surface area (Å²) in [5.74, 6) is 0.896. The van der Waals surface area contributed by atoms with Crippen molar-refractivity contribution < 1.29 is 9.32 Å². The maximum Gasteiger partial charge on any atom is 0.270 e. The summed E-state index contributed by atoms with van der Waals surface area (Å²) in [5.41, 5.74) is 0.363. The normalized spacial score (nSPS) is 13.2. The van der Waals surface area contributed by atoms with Gasteiger partial charge in [-0.3, -0.25) is 9.78 Å². The van der Waals surface area contributed by atoms with Crippen molar-refractivity contribution in [1.82, 2.24) is 25.8 Å². The van der Waals surface area contributed by atoms with Crippen LogP contribution in [0, 0.1) is 5.92 Å². The number of halogens is 1. The Kier molecular flexibility index (Phi) is 7.81. The van der Waals surface area contributed by atoms with Crippen LogP contribution in [0.25, 0.3) is 0 Å². The Hall–Kier alpha value is -1.99. The van der Waals surface area contributed by atoms with Crippen LogP contribution in [0.3, 0.4) is 0 Å². The molecule has 0 aromatic carbocycles. The zero-order valence-electron chi connectivity index (χ0n) is 14.3. The van der Waals surface area contributed by atoms with Crippen molar-refractivity contribution in [3.8, 4) is 0 Å². The summed E-state index contributed by atoms with van der Waals surface area (Å²) in [6.07, 6.45) is 2.25. The monoisotopic (exact) mass is 353 g/mol. The topological polar surface area (TPSA) is 92.9 Å². The van der Waals surface area contributed by atoms with Gasteiger partial charge in [-0.15, -0.1) is 12.4 Å². The highest BCUT2D eigenvalue weighted by molar-refractivity contribution is 5.92. The van der Waals surface area contributed by atoms with E-state index in [0.717, 1.165) is 0 Å². The van der Waals surface area contributed by atoms with Gasteiger partial charge in [0, 0.05) is 18.7 Å². The van der Waals surface area contributed by atoms with E-state index in [4.69, 9.17) is 4.52 Å². The van der Waals surface area contributed by atoms with Crippen molar-refractivity contribution in [2.45, 2.75) is 39.3 Å². The Balaban J connectivity index is 0.00000288. The quantitative estimate of drug-likeness (QED) is 0.792. The van der Waals surface area contributed by atoms with E-state index in [-0.39, 0.29) is 36.3 Å². The molecule has 132 valence electrons. The van der Waals surface area contributed by atoms with Gasteiger partial charge in [-0.1, -0.05) is 25.1 Å². The van der Waals surface area contributed by atoms with Gasteiger partial charge in [0.25, 0.3) is 5.91 Å². The molecule has 0 fully saturated rings. The largest absolute Gasteiger partial charge is 0.339 e. The fourth-order valence-corrected chi connectivity index (χ4v) is 2.08. The minimum Gasteiger partial charge on any atom is -0.339 e. The third-order valence-electron chi connectivity index (χ3n) is 3.58. The predicted molar refractivity (Wildman–Crippen MR) is 93.1 cm³/mol. The molecule has 2 aromatic heterocycles. The third kappa shape index (κ3) is 5.28. The molecule has 0 radical (unpaired) electrons. The van der Waals surface area contributed by atoms with Crippen LogP contribution in [0.5, 0.6) is 0 Å². The third-order valence-corrected chi connectivity index (χ3v) is 3.58. The number of carbonyl (C=O) groups is 1. The molecule has 0 bridgehead atoms. The second-order valence-corrected chi connectivity index (χ2v) is 5.85. The molecule has 7 nitrogen and oxygen atoms in total. The number of aromatic nitrogens is 3. The van der Waals surface area contributed by atoms with Gasteiger partial charge in [0.05, 0.1) is 0 Å². The average molecular weight is 354 g/mol. The average Bonchev–Trinajstić information content (AvgIpc) is 3.00. The van der Waals surface area contributed by atoms with Crippen LogP contribution < -0.4 is 10.6 Å². The van der Waals surface area contributed by atoms with E-state index in [1.54, 1.807) is 24.4 Å². The molecule has 2 rings (SSSR count). The smallest absolute Gasteiger partial charge is 0.270 e. The first-order valence-electron chi connectivity index (χ1n) is 7.73. The van der Waals surface area contributed by atoms with Crippen molar-refractivity contribution >= 4 is 18.3 Å². The maximum atomic E-state index is 12.3. The molecule has 2 atom stereocenters. The molecule has 0 spiro atoms. The first-order valence-corrected chi connectivity index (χ1v) is 7.73. The number of likely N-dealkylation sites (N-methyl/N-ethyl adjacent to an activating group) is 1. The summed E-state index contributed by atoms with van der Waals surface area (Å²) in [4.78, 5) is 20.8. The van der Waals surface area contributed by atoms with Crippen molar-refractivity contribution in [2.75, 3.05) is 7.05 Å². The number of hydrogen-bond donors (Lipinski definition) is 2. The van der Waals surface area contributed by atoms with E-state index >= 15 is 0 Å². The lowest BCUT2D eigenvalue weighted by Crippen LogP contribution is -2.32. The van der Waals surface area contributed by atoms with Crippen LogP contribution in [0.1, 0.15) is 49.0 Å². The van der Waals surface area contributed by atoms with E-state index < -0.39 is 0 Å². The zero-order chi connectivity index (χ0) is 16.8. The lowest BCUT2D eigenvalue weighted by Gasteiger charge is -2.18. The van der Waals surface area contributed by atoms with Gasteiger partial charge in [-0.25, -0.2) is 0 Å². The number of rotatable bonds is 7. The Morgan fingerprint density at radius 3 is 2.62 bits per heavy atom. The van der Waals surface area contributed by atoms with Crippen molar-refractivity contribution in [1.29, 1.82) is 0 Å². The van der Waals surface area contributed by atoms with Gasteiger partial charge in [0.2, 0.25) is 5.89 Å². The Morgan fingerprint density at radius 2 is 2.04 bits per heavy atom. The van der Waals surface area contributed by atoms with Gasteiger partial charge >= 0.3 is 0 Å². The summed E-state index contributed by atoms with van der Waals surface area (Å²) >= 11 is 0. The Morgan fingerprint density at radius 1 is 1.29 bits per heavy atom. The Labute approximate surface area is 148 Å². The summed E-state index contributed by atoms with van der Waals surface area (Å²) in [7, 11) is 1.88. The Bertz CT molecular complexity index is 632. The van der Waals surface area contributed by atoms with Crippen LogP contribution in [0.4, 0.5) is 0 Å². The van der Waals surface area contributed by atoms with Gasteiger partial charge in [-0.2, -0.15) is 4.98 Å². The van der Waals surface area contributed by atoms with Crippen LogP contribution in [-0.2, 0) is 6.42 Å². The highest BCUT2D eigenvalue weighted by atomic mass is 35.5. The maximum absolute atomic E-state index is 12.3. The van der Waals surface area contributed by atoms with Crippen molar-refractivity contribution in [3.63, 3.8) is 0 Å². The van der Waals surface area contributed by atoms with E-state index in [9.17, 15) is 4.79 Å². The second-order valence-electron chi connectivity index (χ2n) is 5.85. The number of hydrogen-bond acceptors (Lipinski definition) is 6. The molecule has 0 aliphatic rings. The van der Waals surface area contributed by atoms with E-state index in [0.29, 0.717) is 23.8 Å². The second kappa shape index (κ2) is 9.34. The molecule has 0 saturated heterocycles. The molecule has 1 amide bonds. The number of pyridine rings is 1. The number of nitrogens with zero attached hydrogens (tertiary/aromatic N) is 3. The number of amides is 1. The zero-order valence-corrected chi connectivity index (χ0v) is 15.1. The first kappa shape index (κ1) is 20.1. The van der Waals surface area contributed by atoms with Crippen LogP contribution in [-0.4, -0.2) is 34.1 Å². The summed E-state index contributed by atoms with van der Waals surface area (Å²) in [6, 6.07) is 5.11. The molecule has 2 heterocycles. The first-order chi connectivity index (χ1) is 11.0. The standard InChI is InChI=1S/C16H23N5O2.ClH/c1-10(2)14(20-15(22)12-7-5-6-8-18-12)16-19-13(21-23-16)9-11(3)17-4;/h5-8,10-11,14,17H,9H2,1-4H3,(H,20,22);1H. The molecular weight excluding hydrogens is 330 g/mol. The van der Waals surface area contributed by atoms with Gasteiger partial charge in [-0.05, 0) is 32.0 Å². The van der Waals surface area contributed by atoms with Gasteiger partial charge in [0.15, 0.2) is 5.82 Å². The molecular formula is C16H24ClN5O2. The SMILES string of the molecule is CNC(C)Cc1noc(C(NC(=O)c2ccccn2)C(C)C)n1.Cl. The molecule has 2 N–H and O–H groups in total. The predicted octanol–water partition coefficient (Wildman–Crippen LogP) is 2.16. The molecule has 0 saturated carbocycles. The summed E-state index contributed by atoms with van der Waals surface area (Å²) in [5, 5.41) is 10.0. The lowest BCUT2D eigenvalue weighted by atomic mass is 10.0. The molecule has 8 heteroatoms. The minimum atomic E-state index is -0.351. The molecule has 0 aliphatic heterocycles. The van der Waals surface area contributed by atoms with Crippen LogP contribution >= 0.6 is 12.4 Å². The minimum absolute atomic E-state index is 0.